The summed E-state index contributed by atoms with van der Waals surface area (Å²) in [5, 5.41) is 0.873. The van der Waals surface area contributed by atoms with Crippen molar-refractivity contribution in [1.29, 1.82) is 0 Å². The molecule has 0 amide bonds. The SMILES string of the molecule is CCOCCOCCOCCOCCOCCOCCOCCOCCOCCOCCOCCOCCC(=O)n1c2c(c3ccc(F)cc31)CN(c1ccc3oc(N4CCOCC4)nc3c1)CC2. The fourth-order valence-electron chi connectivity index (χ4n) is 7.66. The minimum Gasteiger partial charge on any atom is -0.423 e. The Kier molecular flexibility index (Phi) is 26.0. The Morgan fingerprint density at radius 3 is 1.55 bits per heavy atom. The number of ether oxygens (including phenoxy) is 13. The largest absolute Gasteiger partial charge is 0.423 e. The number of hydrogen-bond donors (Lipinski definition) is 0. The van der Waals surface area contributed by atoms with E-state index in [2.05, 4.69) is 9.80 Å². The molecule has 69 heavy (non-hydrogen) atoms. The fourth-order valence-corrected chi connectivity index (χ4v) is 7.66. The molecule has 4 aromatic rings. The number of morpholine rings is 1. The van der Waals surface area contributed by atoms with Crippen molar-refractivity contribution in [2.45, 2.75) is 26.3 Å². The molecule has 0 bridgehead atoms. The molecule has 2 aliphatic heterocycles. The van der Waals surface area contributed by atoms with Crippen LogP contribution in [0.2, 0.25) is 0 Å². The van der Waals surface area contributed by atoms with Gasteiger partial charge in [0.15, 0.2) is 5.58 Å². The first kappa shape index (κ1) is 54.5. The topological polar surface area (TPSA) is 175 Å². The standard InChI is InChI=1S/C49H73FN4O15/c1-2-56-15-16-59-19-20-61-23-24-63-27-28-65-31-32-67-35-36-68-34-33-66-30-29-64-26-25-62-22-21-60-18-17-57-12-8-48(55)54-45-7-9-53(39-43(45)42-5-3-40(50)37-46(42)54)41-4-6-47-44(38-41)51-49(69-47)52-10-13-58-14-11-52/h3-6,37-38H,2,7-36,39H2,1H3. The van der Waals surface area contributed by atoms with Crippen molar-refractivity contribution < 1.29 is 75.2 Å². The predicted molar refractivity (Wildman–Crippen MR) is 254 cm³/mol. The molecular weight excluding hydrogens is 904 g/mol. The molecule has 0 unspecified atom stereocenters. The van der Waals surface area contributed by atoms with Crippen LogP contribution in [0.3, 0.4) is 0 Å². The molecule has 0 N–H and O–H groups in total. The van der Waals surface area contributed by atoms with Gasteiger partial charge in [-0.1, -0.05) is 0 Å². The third-order valence-electron chi connectivity index (χ3n) is 11.1. The van der Waals surface area contributed by atoms with E-state index in [4.69, 9.17) is 71.0 Å². The van der Waals surface area contributed by atoms with E-state index in [0.29, 0.717) is 196 Å². The van der Waals surface area contributed by atoms with Crippen molar-refractivity contribution in [2.75, 3.05) is 201 Å². The lowest BCUT2D eigenvalue weighted by Crippen LogP contribution is -2.36. The first-order chi connectivity index (χ1) is 34.1. The zero-order valence-corrected chi connectivity index (χ0v) is 40.4. The van der Waals surface area contributed by atoms with E-state index in [1.54, 1.807) is 10.6 Å². The van der Waals surface area contributed by atoms with Crippen molar-refractivity contribution >= 4 is 39.6 Å². The van der Waals surface area contributed by atoms with Crippen molar-refractivity contribution in [1.82, 2.24) is 9.55 Å². The fraction of sp³-hybridized carbons (Fsp3) is 0.673. The highest BCUT2D eigenvalue weighted by molar-refractivity contribution is 5.96. The van der Waals surface area contributed by atoms with E-state index >= 15 is 0 Å². The normalized spacial score (nSPS) is 14.2. The average Bonchev–Trinajstić information content (AvgIpc) is 3.95. The minimum absolute atomic E-state index is 0.128. The van der Waals surface area contributed by atoms with Crippen LogP contribution < -0.4 is 9.80 Å². The first-order valence-corrected chi connectivity index (χ1v) is 24.4. The van der Waals surface area contributed by atoms with Gasteiger partial charge in [-0.25, -0.2) is 4.39 Å². The molecule has 0 atom stereocenters. The van der Waals surface area contributed by atoms with Gasteiger partial charge in [0, 0.05) is 61.5 Å². The van der Waals surface area contributed by atoms with Crippen LogP contribution in [0, 0.1) is 5.82 Å². The van der Waals surface area contributed by atoms with E-state index in [1.807, 2.05) is 25.1 Å². The molecule has 1 saturated heterocycles. The number of benzene rings is 2. The molecule has 20 heteroatoms. The number of carbonyl (C=O) groups excluding carboxylic acids is 1. The van der Waals surface area contributed by atoms with Crippen LogP contribution in [-0.2, 0) is 74.5 Å². The smallest absolute Gasteiger partial charge is 0.298 e. The van der Waals surface area contributed by atoms with Crippen LogP contribution >= 0.6 is 0 Å². The third kappa shape index (κ3) is 19.3. The van der Waals surface area contributed by atoms with E-state index in [0.717, 1.165) is 46.5 Å². The number of aromatic nitrogens is 2. The van der Waals surface area contributed by atoms with Crippen molar-refractivity contribution in [3.63, 3.8) is 0 Å². The lowest BCUT2D eigenvalue weighted by Gasteiger charge is -2.30. The van der Waals surface area contributed by atoms with Gasteiger partial charge in [-0.2, -0.15) is 4.98 Å². The average molecular weight is 977 g/mol. The van der Waals surface area contributed by atoms with E-state index in [-0.39, 0.29) is 24.8 Å². The maximum absolute atomic E-state index is 14.6. The highest BCUT2D eigenvalue weighted by Gasteiger charge is 2.28. The number of halogens is 1. The molecule has 0 aliphatic carbocycles. The molecular formula is C49H73FN4O15. The summed E-state index contributed by atoms with van der Waals surface area (Å²) >= 11 is 0. The quantitative estimate of drug-likeness (QED) is 0.0569. The third-order valence-corrected chi connectivity index (χ3v) is 11.1. The summed E-state index contributed by atoms with van der Waals surface area (Å²) in [4.78, 5) is 22.8. The Labute approximate surface area is 404 Å². The zero-order valence-electron chi connectivity index (χ0n) is 40.4. The van der Waals surface area contributed by atoms with Gasteiger partial charge < -0.3 is 75.8 Å². The van der Waals surface area contributed by atoms with Gasteiger partial charge in [-0.15, -0.1) is 0 Å². The molecule has 0 radical (unpaired) electrons. The van der Waals surface area contributed by atoms with Crippen molar-refractivity contribution in [3.05, 3.63) is 53.5 Å². The lowest BCUT2D eigenvalue weighted by atomic mass is 10.0. The molecule has 6 rings (SSSR count). The van der Waals surface area contributed by atoms with Gasteiger partial charge >= 0.3 is 0 Å². The summed E-state index contributed by atoms with van der Waals surface area (Å²) in [6.45, 7) is 17.6. The van der Waals surface area contributed by atoms with Crippen molar-refractivity contribution in [2.24, 2.45) is 0 Å². The molecule has 2 aromatic heterocycles. The first-order valence-electron chi connectivity index (χ1n) is 24.4. The van der Waals surface area contributed by atoms with Crippen LogP contribution in [0.4, 0.5) is 16.1 Å². The number of anilines is 2. The molecule has 2 aliphatic rings. The summed E-state index contributed by atoms with van der Waals surface area (Å²) in [6.07, 6.45) is 0.783. The van der Waals surface area contributed by atoms with Gasteiger partial charge in [-0.3, -0.25) is 9.36 Å². The molecule has 0 saturated carbocycles. The van der Waals surface area contributed by atoms with Gasteiger partial charge in [0.2, 0.25) is 5.91 Å². The van der Waals surface area contributed by atoms with Crippen LogP contribution in [-0.4, -0.2) is 207 Å². The Morgan fingerprint density at radius 2 is 1.06 bits per heavy atom. The Morgan fingerprint density at radius 1 is 0.580 bits per heavy atom. The van der Waals surface area contributed by atoms with Crippen LogP contribution in [0.5, 0.6) is 0 Å². The summed E-state index contributed by atoms with van der Waals surface area (Å²) in [6, 6.07) is 11.3. The Hall–Kier alpha value is -3.87. The summed E-state index contributed by atoms with van der Waals surface area (Å²) in [5.41, 5.74) is 5.06. The van der Waals surface area contributed by atoms with Gasteiger partial charge in [0.05, 0.1) is 177 Å². The molecule has 4 heterocycles. The Bertz CT molecular complexity index is 2010. The van der Waals surface area contributed by atoms with Gasteiger partial charge in [0.25, 0.3) is 6.01 Å². The van der Waals surface area contributed by atoms with Crippen LogP contribution in [0.25, 0.3) is 22.0 Å². The predicted octanol–water partition coefficient (Wildman–Crippen LogP) is 4.57. The van der Waals surface area contributed by atoms with Gasteiger partial charge in [0.1, 0.15) is 11.3 Å². The maximum Gasteiger partial charge on any atom is 0.298 e. The zero-order chi connectivity index (χ0) is 48.0. The second kappa shape index (κ2) is 32.9. The van der Waals surface area contributed by atoms with Crippen molar-refractivity contribution in [3.8, 4) is 0 Å². The van der Waals surface area contributed by atoms with Crippen LogP contribution in [0.15, 0.2) is 40.8 Å². The molecule has 2 aromatic carbocycles. The van der Waals surface area contributed by atoms with Gasteiger partial charge in [-0.05, 0) is 43.3 Å². The second-order valence-corrected chi connectivity index (χ2v) is 15.9. The molecule has 0 spiro atoms. The van der Waals surface area contributed by atoms with E-state index in [9.17, 15) is 9.18 Å². The number of nitrogens with zero attached hydrogens (tertiary/aromatic N) is 4. The highest BCUT2D eigenvalue weighted by Crippen LogP contribution is 2.35. The number of rotatable bonds is 39. The highest BCUT2D eigenvalue weighted by atomic mass is 19.1. The molecule has 386 valence electrons. The van der Waals surface area contributed by atoms with Crippen LogP contribution in [0.1, 0.15) is 29.4 Å². The molecule has 19 nitrogen and oxygen atoms in total. The number of oxazole rings is 1. The summed E-state index contributed by atoms with van der Waals surface area (Å²) in [7, 11) is 0. The summed E-state index contributed by atoms with van der Waals surface area (Å²) < 4.78 is 93.8. The minimum atomic E-state index is -0.384. The number of carbonyl (C=O) groups is 1. The van der Waals surface area contributed by atoms with E-state index in [1.165, 1.54) is 12.1 Å². The monoisotopic (exact) mass is 977 g/mol. The van der Waals surface area contributed by atoms with E-state index < -0.39 is 0 Å². The summed E-state index contributed by atoms with van der Waals surface area (Å²) in [5.74, 6) is -0.512. The molecule has 1 fully saturated rings. The lowest BCUT2D eigenvalue weighted by molar-refractivity contribution is -0.0282. The number of hydrogen-bond acceptors (Lipinski definition) is 18. The number of fused-ring (bicyclic) bond motifs is 4. The second-order valence-electron chi connectivity index (χ2n) is 15.9. The maximum atomic E-state index is 14.6. The Balaban J connectivity index is 0.706.